The normalized spacial score (nSPS) is 13.8. The molecule has 134 valence electrons. The molecule has 0 saturated carbocycles. The summed E-state index contributed by atoms with van der Waals surface area (Å²) >= 11 is 5.94. The molecule has 0 fully saturated rings. The van der Waals surface area contributed by atoms with Crippen LogP contribution in [0.2, 0.25) is 5.02 Å². The molecule has 0 saturated heterocycles. The molecule has 0 radical (unpaired) electrons. The molecule has 7 nitrogen and oxygen atoms in total. The second-order valence-corrected chi connectivity index (χ2v) is 6.28. The molecule has 1 atom stereocenters. The Morgan fingerprint density at radius 1 is 1.23 bits per heavy atom. The van der Waals surface area contributed by atoms with Crippen molar-refractivity contribution >= 4 is 22.5 Å². The lowest BCUT2D eigenvalue weighted by Gasteiger charge is -2.14. The fourth-order valence-electron chi connectivity index (χ4n) is 2.70. The van der Waals surface area contributed by atoms with E-state index in [0.717, 1.165) is 0 Å². The van der Waals surface area contributed by atoms with Gasteiger partial charge in [-0.05, 0) is 30.3 Å². The third kappa shape index (κ3) is 3.31. The quantitative estimate of drug-likeness (QED) is 0.737. The van der Waals surface area contributed by atoms with Crippen LogP contribution in [0.15, 0.2) is 47.5 Å². The highest BCUT2D eigenvalue weighted by molar-refractivity contribution is 6.31. The molecule has 2 heterocycles. The van der Waals surface area contributed by atoms with Gasteiger partial charge in [0.05, 0.1) is 23.8 Å². The van der Waals surface area contributed by atoms with Crippen LogP contribution in [0, 0.1) is 0 Å². The van der Waals surface area contributed by atoms with Crippen molar-refractivity contribution in [3.05, 3.63) is 58.1 Å². The Bertz CT molecular complexity index is 1020. The van der Waals surface area contributed by atoms with E-state index < -0.39 is 6.10 Å². The van der Waals surface area contributed by atoms with E-state index in [1.54, 1.807) is 36.4 Å². The van der Waals surface area contributed by atoms with E-state index in [0.29, 0.717) is 33.2 Å². The Labute approximate surface area is 153 Å². The van der Waals surface area contributed by atoms with Gasteiger partial charge in [-0.25, -0.2) is 4.98 Å². The monoisotopic (exact) mass is 374 g/mol. The van der Waals surface area contributed by atoms with Crippen LogP contribution in [0.25, 0.3) is 10.9 Å². The number of benzene rings is 2. The summed E-state index contributed by atoms with van der Waals surface area (Å²) in [7, 11) is 0. The van der Waals surface area contributed by atoms with E-state index in [-0.39, 0.29) is 25.5 Å². The highest BCUT2D eigenvalue weighted by Gasteiger charge is 2.15. The van der Waals surface area contributed by atoms with E-state index in [1.807, 2.05) is 0 Å². The predicted octanol–water partition coefficient (Wildman–Crippen LogP) is 2.22. The zero-order valence-corrected chi connectivity index (χ0v) is 14.3. The number of halogens is 1. The maximum absolute atomic E-state index is 12.5. The van der Waals surface area contributed by atoms with E-state index in [2.05, 4.69) is 4.98 Å². The molecular weight excluding hydrogens is 360 g/mol. The van der Waals surface area contributed by atoms with E-state index in [4.69, 9.17) is 25.8 Å². The largest absolute Gasteiger partial charge is 0.491 e. The van der Waals surface area contributed by atoms with Crippen molar-refractivity contribution in [3.8, 4) is 17.2 Å². The molecule has 8 heteroatoms. The second-order valence-electron chi connectivity index (χ2n) is 5.84. The predicted molar refractivity (Wildman–Crippen MR) is 95.1 cm³/mol. The maximum atomic E-state index is 12.5. The van der Waals surface area contributed by atoms with Gasteiger partial charge < -0.3 is 19.3 Å². The van der Waals surface area contributed by atoms with Crippen molar-refractivity contribution in [1.82, 2.24) is 9.55 Å². The van der Waals surface area contributed by atoms with Crippen molar-refractivity contribution in [2.45, 2.75) is 12.6 Å². The van der Waals surface area contributed by atoms with Crippen LogP contribution in [0.4, 0.5) is 0 Å². The standard InChI is InChI=1S/C18H15ClN2O5/c19-11-1-3-15-14(5-11)18(23)21(9-20-15)7-12(22)8-24-13-2-4-16-17(6-13)26-10-25-16/h1-6,9,12,22H,7-8,10H2/t12-/m0/s1. The van der Waals surface area contributed by atoms with Crippen LogP contribution in [0.5, 0.6) is 17.2 Å². The maximum Gasteiger partial charge on any atom is 0.261 e. The number of aliphatic hydroxyl groups is 1. The van der Waals surface area contributed by atoms with Gasteiger partial charge in [-0.3, -0.25) is 9.36 Å². The Morgan fingerprint density at radius 2 is 2.08 bits per heavy atom. The number of hydrogen-bond acceptors (Lipinski definition) is 6. The highest BCUT2D eigenvalue weighted by atomic mass is 35.5. The van der Waals surface area contributed by atoms with Crippen molar-refractivity contribution in [2.24, 2.45) is 0 Å². The number of rotatable bonds is 5. The van der Waals surface area contributed by atoms with Crippen molar-refractivity contribution in [3.63, 3.8) is 0 Å². The molecule has 0 bridgehead atoms. The lowest BCUT2D eigenvalue weighted by atomic mass is 10.2. The number of aliphatic hydroxyl groups excluding tert-OH is 1. The summed E-state index contributed by atoms with van der Waals surface area (Å²) in [5.74, 6) is 1.80. The van der Waals surface area contributed by atoms with Crippen LogP contribution in [0.3, 0.4) is 0 Å². The first kappa shape index (κ1) is 16.7. The molecule has 1 N–H and O–H groups in total. The lowest BCUT2D eigenvalue weighted by molar-refractivity contribution is 0.0913. The van der Waals surface area contributed by atoms with Gasteiger partial charge in [0.25, 0.3) is 5.56 Å². The van der Waals surface area contributed by atoms with Gasteiger partial charge in [-0.1, -0.05) is 11.6 Å². The first-order valence-electron chi connectivity index (χ1n) is 7.95. The third-order valence-electron chi connectivity index (χ3n) is 3.98. The fourth-order valence-corrected chi connectivity index (χ4v) is 2.87. The summed E-state index contributed by atoms with van der Waals surface area (Å²) < 4.78 is 17.4. The summed E-state index contributed by atoms with van der Waals surface area (Å²) in [5, 5.41) is 11.1. The summed E-state index contributed by atoms with van der Waals surface area (Å²) in [6.07, 6.45) is 0.513. The lowest BCUT2D eigenvalue weighted by Crippen LogP contribution is -2.30. The van der Waals surface area contributed by atoms with Crippen molar-refractivity contribution < 1.29 is 19.3 Å². The van der Waals surface area contributed by atoms with Crippen LogP contribution < -0.4 is 19.8 Å². The molecule has 2 aromatic carbocycles. The molecule has 1 aliphatic rings. The molecule has 4 rings (SSSR count). The first-order valence-corrected chi connectivity index (χ1v) is 8.33. The molecule has 26 heavy (non-hydrogen) atoms. The van der Waals surface area contributed by atoms with Crippen LogP contribution in [0.1, 0.15) is 0 Å². The molecule has 0 amide bonds. The van der Waals surface area contributed by atoms with E-state index >= 15 is 0 Å². The van der Waals surface area contributed by atoms with Gasteiger partial charge in [-0.15, -0.1) is 0 Å². The summed E-state index contributed by atoms with van der Waals surface area (Å²) in [6.45, 7) is 0.252. The van der Waals surface area contributed by atoms with Crippen LogP contribution in [-0.2, 0) is 6.54 Å². The third-order valence-corrected chi connectivity index (χ3v) is 4.22. The second kappa shape index (κ2) is 6.86. The average Bonchev–Trinajstić information content (AvgIpc) is 3.10. The van der Waals surface area contributed by atoms with Gasteiger partial charge in [0.1, 0.15) is 18.5 Å². The first-order chi connectivity index (χ1) is 12.6. The minimum absolute atomic E-state index is 0.0136. The molecule has 1 aliphatic heterocycles. The molecule has 0 unspecified atom stereocenters. The zero-order valence-electron chi connectivity index (χ0n) is 13.6. The van der Waals surface area contributed by atoms with Gasteiger partial charge in [0, 0.05) is 11.1 Å². The highest BCUT2D eigenvalue weighted by Crippen LogP contribution is 2.35. The topological polar surface area (TPSA) is 82.8 Å². The number of fused-ring (bicyclic) bond motifs is 2. The van der Waals surface area contributed by atoms with Crippen molar-refractivity contribution in [1.29, 1.82) is 0 Å². The molecular formula is C18H15ClN2O5. The minimum Gasteiger partial charge on any atom is -0.491 e. The SMILES string of the molecule is O=c1c2cc(Cl)ccc2ncn1C[C@H](O)COc1ccc2c(c1)OCO2. The smallest absolute Gasteiger partial charge is 0.261 e. The van der Waals surface area contributed by atoms with Gasteiger partial charge in [-0.2, -0.15) is 0 Å². The van der Waals surface area contributed by atoms with E-state index in [1.165, 1.54) is 10.9 Å². The Morgan fingerprint density at radius 3 is 2.96 bits per heavy atom. The van der Waals surface area contributed by atoms with Crippen LogP contribution in [-0.4, -0.2) is 34.2 Å². The summed E-state index contributed by atoms with van der Waals surface area (Å²) in [6, 6.07) is 10.1. The number of hydrogen-bond donors (Lipinski definition) is 1. The van der Waals surface area contributed by atoms with Crippen molar-refractivity contribution in [2.75, 3.05) is 13.4 Å². The number of ether oxygens (including phenoxy) is 3. The summed E-state index contributed by atoms with van der Waals surface area (Å²) in [4.78, 5) is 16.7. The average molecular weight is 375 g/mol. The molecule has 1 aromatic heterocycles. The molecule has 3 aromatic rings. The number of nitrogens with zero attached hydrogens (tertiary/aromatic N) is 2. The summed E-state index contributed by atoms with van der Waals surface area (Å²) in [5.41, 5.74) is 0.293. The van der Waals surface area contributed by atoms with Crippen LogP contribution >= 0.6 is 11.6 Å². The van der Waals surface area contributed by atoms with Gasteiger partial charge in [0.15, 0.2) is 11.5 Å². The number of aromatic nitrogens is 2. The molecule has 0 aliphatic carbocycles. The zero-order chi connectivity index (χ0) is 18.1. The van der Waals surface area contributed by atoms with E-state index in [9.17, 15) is 9.90 Å². The Hall–Kier alpha value is -2.77. The van der Waals surface area contributed by atoms with Gasteiger partial charge in [0.2, 0.25) is 6.79 Å². The fraction of sp³-hybridized carbons (Fsp3) is 0.222. The molecule has 0 spiro atoms. The minimum atomic E-state index is -0.892. The Kier molecular flexibility index (Phi) is 4.40. The Balaban J connectivity index is 1.45. The van der Waals surface area contributed by atoms with Gasteiger partial charge >= 0.3 is 0 Å².